The summed E-state index contributed by atoms with van der Waals surface area (Å²) in [5.41, 5.74) is 2.03. The Morgan fingerprint density at radius 1 is 1.21 bits per heavy atom. The van der Waals surface area contributed by atoms with Crippen molar-refractivity contribution in [2.45, 2.75) is 33.1 Å². The van der Waals surface area contributed by atoms with Crippen LogP contribution >= 0.6 is 0 Å². The van der Waals surface area contributed by atoms with Crippen LogP contribution in [0.2, 0.25) is 0 Å². The molecule has 1 unspecified atom stereocenters. The summed E-state index contributed by atoms with van der Waals surface area (Å²) < 4.78 is 10.7. The molecule has 1 rings (SSSR count). The first-order valence-electron chi connectivity index (χ1n) is 6.38. The van der Waals surface area contributed by atoms with E-state index >= 15 is 0 Å². The summed E-state index contributed by atoms with van der Waals surface area (Å²) >= 11 is 0. The first-order valence-corrected chi connectivity index (χ1v) is 6.38. The van der Waals surface area contributed by atoms with E-state index in [0.29, 0.717) is 23.8 Å². The van der Waals surface area contributed by atoms with Crippen LogP contribution in [0, 0.1) is 5.92 Å². The number of carboxylic acid groups (broad SMARTS) is 1. The summed E-state index contributed by atoms with van der Waals surface area (Å²) in [6.45, 7) is 5.86. The lowest BCUT2D eigenvalue weighted by atomic mass is 9.90. The molecule has 4 nitrogen and oxygen atoms in total. The molecular weight excluding hydrogens is 244 g/mol. The largest absolute Gasteiger partial charge is 0.493 e. The van der Waals surface area contributed by atoms with Crippen molar-refractivity contribution in [2.75, 3.05) is 14.2 Å². The number of benzene rings is 1. The maximum Gasteiger partial charge on any atom is 0.306 e. The van der Waals surface area contributed by atoms with Crippen molar-refractivity contribution >= 4 is 5.97 Å². The van der Waals surface area contributed by atoms with Crippen LogP contribution in [-0.4, -0.2) is 25.3 Å². The van der Waals surface area contributed by atoms with Crippen molar-refractivity contribution in [2.24, 2.45) is 5.92 Å². The Labute approximate surface area is 114 Å². The maximum atomic E-state index is 11.1. The summed E-state index contributed by atoms with van der Waals surface area (Å²) in [7, 11) is 3.16. The standard InChI is InChI=1S/C15H22O4/c1-9(2)11-6-7-13(18-4)14(19-5)12(11)8-10(3)15(16)17/h6-7,9-10H,8H2,1-5H3,(H,16,17). The van der Waals surface area contributed by atoms with Gasteiger partial charge in [-0.25, -0.2) is 0 Å². The average Bonchev–Trinajstić information content (AvgIpc) is 2.37. The molecule has 0 heterocycles. The Balaban J connectivity index is 3.32. The van der Waals surface area contributed by atoms with Crippen molar-refractivity contribution in [3.63, 3.8) is 0 Å². The van der Waals surface area contributed by atoms with Crippen LogP contribution in [0.25, 0.3) is 0 Å². The lowest BCUT2D eigenvalue weighted by Gasteiger charge is -2.20. The summed E-state index contributed by atoms with van der Waals surface area (Å²) in [6.07, 6.45) is 0.434. The number of carbonyl (C=O) groups is 1. The van der Waals surface area contributed by atoms with Gasteiger partial charge in [0.25, 0.3) is 0 Å². The zero-order valence-corrected chi connectivity index (χ0v) is 12.2. The van der Waals surface area contributed by atoms with Crippen LogP contribution in [0.1, 0.15) is 37.8 Å². The minimum absolute atomic E-state index is 0.302. The van der Waals surface area contributed by atoms with Crippen molar-refractivity contribution in [1.82, 2.24) is 0 Å². The van der Waals surface area contributed by atoms with Gasteiger partial charge >= 0.3 is 5.97 Å². The Hall–Kier alpha value is -1.71. The third-order valence-electron chi connectivity index (χ3n) is 3.24. The van der Waals surface area contributed by atoms with Gasteiger partial charge in [-0.3, -0.25) is 4.79 Å². The summed E-state index contributed by atoms with van der Waals surface area (Å²) in [4.78, 5) is 11.1. The van der Waals surface area contributed by atoms with Gasteiger partial charge in [0.2, 0.25) is 0 Å². The van der Waals surface area contributed by atoms with E-state index in [1.165, 1.54) is 0 Å². The van der Waals surface area contributed by atoms with E-state index in [1.807, 2.05) is 12.1 Å². The van der Waals surface area contributed by atoms with E-state index in [4.69, 9.17) is 14.6 Å². The molecule has 0 bridgehead atoms. The zero-order chi connectivity index (χ0) is 14.6. The van der Waals surface area contributed by atoms with Crippen molar-refractivity contribution in [1.29, 1.82) is 0 Å². The minimum atomic E-state index is -0.806. The van der Waals surface area contributed by atoms with Gasteiger partial charge in [-0.15, -0.1) is 0 Å². The highest BCUT2D eigenvalue weighted by Crippen LogP contribution is 2.37. The van der Waals surface area contributed by atoms with Crippen LogP contribution in [0.3, 0.4) is 0 Å². The molecule has 0 amide bonds. The molecule has 0 aliphatic rings. The molecule has 0 fully saturated rings. The fraction of sp³-hybridized carbons (Fsp3) is 0.533. The predicted molar refractivity (Wildman–Crippen MR) is 74.1 cm³/mol. The number of ether oxygens (including phenoxy) is 2. The van der Waals surface area contributed by atoms with Crippen LogP contribution in [-0.2, 0) is 11.2 Å². The first-order chi connectivity index (χ1) is 8.92. The molecule has 106 valence electrons. The number of rotatable bonds is 6. The lowest BCUT2D eigenvalue weighted by Crippen LogP contribution is -2.15. The Kier molecular flexibility index (Phi) is 5.21. The van der Waals surface area contributed by atoms with Gasteiger partial charge in [-0.05, 0) is 24.0 Å². The Morgan fingerprint density at radius 3 is 2.26 bits per heavy atom. The molecule has 0 radical (unpaired) electrons. The van der Waals surface area contributed by atoms with Crippen molar-refractivity contribution in [3.05, 3.63) is 23.3 Å². The van der Waals surface area contributed by atoms with E-state index in [9.17, 15) is 4.79 Å². The molecule has 1 aromatic rings. The molecule has 0 aliphatic carbocycles. The topological polar surface area (TPSA) is 55.8 Å². The second-order valence-corrected chi connectivity index (χ2v) is 4.97. The first kappa shape index (κ1) is 15.3. The zero-order valence-electron chi connectivity index (χ0n) is 12.2. The van der Waals surface area contributed by atoms with E-state index in [1.54, 1.807) is 21.1 Å². The second kappa shape index (κ2) is 6.45. The van der Waals surface area contributed by atoms with Crippen LogP contribution in [0.4, 0.5) is 0 Å². The molecule has 19 heavy (non-hydrogen) atoms. The highest BCUT2D eigenvalue weighted by Gasteiger charge is 2.21. The number of hydrogen-bond donors (Lipinski definition) is 1. The quantitative estimate of drug-likeness (QED) is 0.859. The Morgan fingerprint density at radius 2 is 1.84 bits per heavy atom. The number of carboxylic acids is 1. The molecule has 0 aliphatic heterocycles. The molecule has 0 aromatic heterocycles. The Bertz CT molecular complexity index is 452. The summed E-state index contributed by atoms with van der Waals surface area (Å²) in [5, 5.41) is 9.09. The van der Waals surface area contributed by atoms with Gasteiger partial charge in [-0.2, -0.15) is 0 Å². The second-order valence-electron chi connectivity index (χ2n) is 4.97. The third kappa shape index (κ3) is 3.40. The highest BCUT2D eigenvalue weighted by atomic mass is 16.5. The number of methoxy groups -OCH3 is 2. The van der Waals surface area contributed by atoms with E-state index in [2.05, 4.69) is 13.8 Å². The molecule has 1 aromatic carbocycles. The molecule has 0 saturated heterocycles. The average molecular weight is 266 g/mol. The molecule has 1 N–H and O–H groups in total. The SMILES string of the molecule is COc1ccc(C(C)C)c(CC(C)C(=O)O)c1OC. The molecule has 0 spiro atoms. The van der Waals surface area contributed by atoms with Gasteiger partial charge in [0.1, 0.15) is 0 Å². The van der Waals surface area contributed by atoms with Gasteiger partial charge in [-0.1, -0.05) is 26.8 Å². The molecule has 1 atom stereocenters. The van der Waals surface area contributed by atoms with E-state index in [0.717, 1.165) is 11.1 Å². The van der Waals surface area contributed by atoms with Crippen LogP contribution in [0.15, 0.2) is 12.1 Å². The predicted octanol–water partition coefficient (Wildman–Crippen LogP) is 3.09. The number of aliphatic carboxylic acids is 1. The summed E-state index contributed by atoms with van der Waals surface area (Å²) in [6, 6.07) is 3.85. The molecule has 0 saturated carbocycles. The normalized spacial score (nSPS) is 12.3. The van der Waals surface area contributed by atoms with Gasteiger partial charge in [0, 0.05) is 5.56 Å². The summed E-state index contributed by atoms with van der Waals surface area (Å²) in [5.74, 6) is 0.315. The molecule has 4 heteroatoms. The number of hydrogen-bond acceptors (Lipinski definition) is 3. The van der Waals surface area contributed by atoms with Crippen LogP contribution in [0.5, 0.6) is 11.5 Å². The third-order valence-corrected chi connectivity index (χ3v) is 3.24. The highest BCUT2D eigenvalue weighted by molar-refractivity contribution is 5.70. The van der Waals surface area contributed by atoms with Gasteiger partial charge < -0.3 is 14.6 Å². The monoisotopic (exact) mass is 266 g/mol. The smallest absolute Gasteiger partial charge is 0.306 e. The lowest BCUT2D eigenvalue weighted by molar-refractivity contribution is -0.141. The maximum absolute atomic E-state index is 11.1. The van der Waals surface area contributed by atoms with Gasteiger partial charge in [0.15, 0.2) is 11.5 Å². The van der Waals surface area contributed by atoms with Crippen molar-refractivity contribution < 1.29 is 19.4 Å². The van der Waals surface area contributed by atoms with Gasteiger partial charge in [0.05, 0.1) is 20.1 Å². The van der Waals surface area contributed by atoms with Crippen molar-refractivity contribution in [3.8, 4) is 11.5 Å². The minimum Gasteiger partial charge on any atom is -0.493 e. The van der Waals surface area contributed by atoms with E-state index in [-0.39, 0.29) is 0 Å². The fourth-order valence-corrected chi connectivity index (χ4v) is 2.15. The van der Waals surface area contributed by atoms with E-state index < -0.39 is 11.9 Å². The fourth-order valence-electron chi connectivity index (χ4n) is 2.15. The molecular formula is C15H22O4. The van der Waals surface area contributed by atoms with Crippen LogP contribution < -0.4 is 9.47 Å².